The average molecular weight is 253 g/mol. The molecule has 0 radical (unpaired) electrons. The van der Waals surface area contributed by atoms with E-state index in [2.05, 4.69) is 19.9 Å². The molecule has 0 aromatic heterocycles. The minimum absolute atomic E-state index is 0.374. The maximum atomic E-state index is 11.8. The van der Waals surface area contributed by atoms with E-state index in [0.717, 1.165) is 23.2 Å². The Balaban J connectivity index is 2.61. The number of hydrogen-bond acceptors (Lipinski definition) is 2. The number of benzene rings is 1. The van der Waals surface area contributed by atoms with Crippen LogP contribution < -0.4 is 4.31 Å². The van der Waals surface area contributed by atoms with Gasteiger partial charge in [-0.05, 0) is 48.9 Å². The van der Waals surface area contributed by atoms with E-state index in [9.17, 15) is 8.42 Å². The molecule has 0 saturated heterocycles. The lowest BCUT2D eigenvalue weighted by Crippen LogP contribution is -2.38. The summed E-state index contributed by atoms with van der Waals surface area (Å²) in [6, 6.07) is 4.12. The first kappa shape index (κ1) is 12.4. The average Bonchev–Trinajstić information content (AvgIpc) is 2.18. The molecule has 1 atom stereocenters. The van der Waals surface area contributed by atoms with E-state index in [1.54, 1.807) is 4.31 Å². The summed E-state index contributed by atoms with van der Waals surface area (Å²) in [4.78, 5) is 0. The Kier molecular flexibility index (Phi) is 2.94. The van der Waals surface area contributed by atoms with Gasteiger partial charge in [-0.2, -0.15) is 0 Å². The highest BCUT2D eigenvalue weighted by Gasteiger charge is 2.28. The van der Waals surface area contributed by atoms with Crippen molar-refractivity contribution >= 4 is 15.7 Å². The van der Waals surface area contributed by atoms with E-state index in [0.29, 0.717) is 12.5 Å². The third kappa shape index (κ3) is 2.32. The van der Waals surface area contributed by atoms with Gasteiger partial charge >= 0.3 is 0 Å². The van der Waals surface area contributed by atoms with Crippen molar-refractivity contribution in [3.63, 3.8) is 0 Å². The minimum atomic E-state index is -3.17. The highest BCUT2D eigenvalue weighted by atomic mass is 32.2. The van der Waals surface area contributed by atoms with E-state index in [4.69, 9.17) is 0 Å². The van der Waals surface area contributed by atoms with Gasteiger partial charge in [-0.3, -0.25) is 4.31 Å². The lowest BCUT2D eigenvalue weighted by atomic mass is 9.92. The predicted molar refractivity (Wildman–Crippen MR) is 71.0 cm³/mol. The molecule has 0 fully saturated rings. The first-order valence-electron chi connectivity index (χ1n) is 5.87. The fourth-order valence-corrected chi connectivity index (χ4v) is 3.44. The Labute approximate surface area is 104 Å². The van der Waals surface area contributed by atoms with Crippen LogP contribution in [0.3, 0.4) is 0 Å². The molecule has 94 valence electrons. The number of sulfonamides is 1. The minimum Gasteiger partial charge on any atom is -0.270 e. The summed E-state index contributed by atoms with van der Waals surface area (Å²) in [5.74, 6) is 0.374. The summed E-state index contributed by atoms with van der Waals surface area (Å²) >= 11 is 0. The van der Waals surface area contributed by atoms with Crippen LogP contribution in [0.4, 0.5) is 5.69 Å². The standard InChI is InChI=1S/C13H19NO2S/c1-9-5-12-6-10(2)11(3)7-13(12)14(8-9)17(4,15)16/h6-7,9H,5,8H2,1-4H3. The molecule has 1 aromatic carbocycles. The summed E-state index contributed by atoms with van der Waals surface area (Å²) in [6.45, 7) is 6.78. The highest BCUT2D eigenvalue weighted by molar-refractivity contribution is 7.92. The largest absolute Gasteiger partial charge is 0.270 e. The van der Waals surface area contributed by atoms with E-state index in [1.165, 1.54) is 11.8 Å². The maximum absolute atomic E-state index is 11.8. The van der Waals surface area contributed by atoms with Gasteiger partial charge in [0.2, 0.25) is 10.0 Å². The number of fused-ring (bicyclic) bond motifs is 1. The van der Waals surface area contributed by atoms with E-state index in [-0.39, 0.29) is 0 Å². The fraction of sp³-hybridized carbons (Fsp3) is 0.538. The molecule has 3 nitrogen and oxygen atoms in total. The van der Waals surface area contributed by atoms with Gasteiger partial charge in [-0.15, -0.1) is 0 Å². The van der Waals surface area contributed by atoms with Crippen molar-refractivity contribution in [1.82, 2.24) is 0 Å². The van der Waals surface area contributed by atoms with Crippen LogP contribution in [-0.2, 0) is 16.4 Å². The summed E-state index contributed by atoms with van der Waals surface area (Å²) < 4.78 is 25.2. The monoisotopic (exact) mass is 253 g/mol. The van der Waals surface area contributed by atoms with E-state index in [1.807, 2.05) is 13.0 Å². The smallest absolute Gasteiger partial charge is 0.232 e. The predicted octanol–water partition coefficient (Wildman–Crippen LogP) is 2.26. The Morgan fingerprint density at radius 2 is 1.82 bits per heavy atom. The SMILES string of the molecule is Cc1cc2c(cc1C)N(S(C)(=O)=O)CC(C)C2. The van der Waals surface area contributed by atoms with Gasteiger partial charge in [-0.1, -0.05) is 13.0 Å². The van der Waals surface area contributed by atoms with Gasteiger partial charge < -0.3 is 0 Å². The third-order valence-electron chi connectivity index (χ3n) is 3.41. The van der Waals surface area contributed by atoms with Crippen LogP contribution in [0.5, 0.6) is 0 Å². The molecule has 0 bridgehead atoms. The summed E-state index contributed by atoms with van der Waals surface area (Å²) in [5.41, 5.74) is 4.39. The highest BCUT2D eigenvalue weighted by Crippen LogP contribution is 2.33. The van der Waals surface area contributed by atoms with Crippen molar-refractivity contribution in [1.29, 1.82) is 0 Å². The molecule has 2 rings (SSSR count). The number of anilines is 1. The zero-order valence-corrected chi connectivity index (χ0v) is 11.6. The molecule has 0 aliphatic carbocycles. The van der Waals surface area contributed by atoms with Crippen molar-refractivity contribution in [2.24, 2.45) is 5.92 Å². The maximum Gasteiger partial charge on any atom is 0.232 e. The summed E-state index contributed by atoms with van der Waals surface area (Å²) in [6.07, 6.45) is 2.24. The second kappa shape index (κ2) is 4.02. The van der Waals surface area contributed by atoms with Crippen LogP contribution in [0.15, 0.2) is 12.1 Å². The van der Waals surface area contributed by atoms with Crippen molar-refractivity contribution < 1.29 is 8.42 Å². The zero-order chi connectivity index (χ0) is 12.8. The second-order valence-electron chi connectivity index (χ2n) is 5.17. The molecule has 1 aromatic rings. The van der Waals surface area contributed by atoms with E-state index >= 15 is 0 Å². The van der Waals surface area contributed by atoms with Gasteiger partial charge in [0, 0.05) is 6.54 Å². The van der Waals surface area contributed by atoms with Gasteiger partial charge in [0.15, 0.2) is 0 Å². The van der Waals surface area contributed by atoms with Crippen molar-refractivity contribution in [2.45, 2.75) is 27.2 Å². The van der Waals surface area contributed by atoms with Gasteiger partial charge in [-0.25, -0.2) is 8.42 Å². The molecule has 1 unspecified atom stereocenters. The number of nitrogens with zero attached hydrogens (tertiary/aromatic N) is 1. The Morgan fingerprint density at radius 1 is 1.24 bits per heavy atom. The van der Waals surface area contributed by atoms with Crippen LogP contribution in [0.25, 0.3) is 0 Å². The molecule has 0 spiro atoms. The third-order valence-corrected chi connectivity index (χ3v) is 4.56. The fourth-order valence-electron chi connectivity index (χ4n) is 2.39. The summed E-state index contributed by atoms with van der Waals surface area (Å²) in [5, 5.41) is 0. The molecular weight excluding hydrogens is 234 g/mol. The van der Waals surface area contributed by atoms with Crippen molar-refractivity contribution in [2.75, 3.05) is 17.1 Å². The molecule has 1 aliphatic heterocycles. The molecular formula is C13H19NO2S. The van der Waals surface area contributed by atoms with Crippen LogP contribution >= 0.6 is 0 Å². The lowest BCUT2D eigenvalue weighted by molar-refractivity contribution is 0.547. The molecule has 4 heteroatoms. The second-order valence-corrected chi connectivity index (χ2v) is 7.08. The van der Waals surface area contributed by atoms with Crippen LogP contribution in [0.2, 0.25) is 0 Å². The molecule has 0 N–H and O–H groups in total. The van der Waals surface area contributed by atoms with Gasteiger partial charge in [0.25, 0.3) is 0 Å². The normalized spacial score (nSPS) is 20.2. The Morgan fingerprint density at radius 3 is 2.41 bits per heavy atom. The van der Waals surface area contributed by atoms with Crippen molar-refractivity contribution in [3.05, 3.63) is 28.8 Å². The Bertz CT molecular complexity index is 549. The number of hydrogen-bond donors (Lipinski definition) is 0. The molecule has 17 heavy (non-hydrogen) atoms. The quantitative estimate of drug-likeness (QED) is 0.770. The zero-order valence-electron chi connectivity index (χ0n) is 10.8. The first-order chi connectivity index (χ1) is 7.79. The number of rotatable bonds is 1. The van der Waals surface area contributed by atoms with Gasteiger partial charge in [0.1, 0.15) is 0 Å². The van der Waals surface area contributed by atoms with Crippen LogP contribution in [-0.4, -0.2) is 21.2 Å². The molecule has 1 heterocycles. The van der Waals surface area contributed by atoms with Crippen LogP contribution in [0, 0.1) is 19.8 Å². The topological polar surface area (TPSA) is 37.4 Å². The molecule has 0 amide bonds. The molecule has 0 saturated carbocycles. The lowest BCUT2D eigenvalue weighted by Gasteiger charge is -2.33. The Hall–Kier alpha value is -1.03. The van der Waals surface area contributed by atoms with Crippen LogP contribution in [0.1, 0.15) is 23.6 Å². The summed E-state index contributed by atoms with van der Waals surface area (Å²) in [7, 11) is -3.17. The number of aryl methyl sites for hydroxylation is 2. The first-order valence-corrected chi connectivity index (χ1v) is 7.71. The van der Waals surface area contributed by atoms with Gasteiger partial charge in [0.05, 0.1) is 11.9 Å². The molecule has 1 aliphatic rings. The van der Waals surface area contributed by atoms with Crippen molar-refractivity contribution in [3.8, 4) is 0 Å². The van der Waals surface area contributed by atoms with E-state index < -0.39 is 10.0 Å².